The third-order valence-corrected chi connectivity index (χ3v) is 4.17. The minimum atomic E-state index is -0.806. The fraction of sp³-hybridized carbons (Fsp3) is 0.444. The van der Waals surface area contributed by atoms with Gasteiger partial charge in [0.25, 0.3) is 5.91 Å². The van der Waals surface area contributed by atoms with E-state index < -0.39 is 12.1 Å². The Balaban J connectivity index is 1.50. The fourth-order valence-corrected chi connectivity index (χ4v) is 2.84. The number of rotatable bonds is 5. The van der Waals surface area contributed by atoms with Crippen molar-refractivity contribution in [3.63, 3.8) is 0 Å². The summed E-state index contributed by atoms with van der Waals surface area (Å²) in [5, 5.41) is 2.92. The van der Waals surface area contributed by atoms with Crippen LogP contribution in [0.5, 0.6) is 11.5 Å². The summed E-state index contributed by atoms with van der Waals surface area (Å²) >= 11 is 0. The van der Waals surface area contributed by atoms with Crippen molar-refractivity contribution in [2.24, 2.45) is 0 Å². The number of ether oxygens (including phenoxy) is 3. The molecule has 1 aromatic carbocycles. The summed E-state index contributed by atoms with van der Waals surface area (Å²) in [6.07, 6.45) is 6.38. The van der Waals surface area contributed by atoms with Crippen LogP contribution in [-0.4, -0.2) is 30.8 Å². The predicted octanol–water partition coefficient (Wildman–Crippen LogP) is 2.42. The van der Waals surface area contributed by atoms with E-state index in [0.29, 0.717) is 11.5 Å². The quantitative estimate of drug-likeness (QED) is 0.662. The summed E-state index contributed by atoms with van der Waals surface area (Å²) in [7, 11) is 0. The molecule has 0 radical (unpaired) electrons. The lowest BCUT2D eigenvalue weighted by Gasteiger charge is -2.16. The van der Waals surface area contributed by atoms with Gasteiger partial charge in [0.1, 0.15) is 0 Å². The van der Waals surface area contributed by atoms with Gasteiger partial charge in [-0.15, -0.1) is 0 Å². The smallest absolute Gasteiger partial charge is 0.331 e. The van der Waals surface area contributed by atoms with Gasteiger partial charge < -0.3 is 19.5 Å². The molecule has 0 saturated heterocycles. The van der Waals surface area contributed by atoms with Gasteiger partial charge in [-0.05, 0) is 43.5 Å². The highest BCUT2D eigenvalue weighted by Gasteiger charge is 2.22. The van der Waals surface area contributed by atoms with E-state index in [2.05, 4.69) is 5.32 Å². The van der Waals surface area contributed by atoms with Crippen LogP contribution in [0.2, 0.25) is 0 Å². The van der Waals surface area contributed by atoms with Crippen LogP contribution in [0.25, 0.3) is 6.08 Å². The van der Waals surface area contributed by atoms with Crippen LogP contribution < -0.4 is 14.8 Å². The van der Waals surface area contributed by atoms with Crippen molar-refractivity contribution in [1.82, 2.24) is 5.32 Å². The molecule has 2 aliphatic rings. The van der Waals surface area contributed by atoms with Gasteiger partial charge in [0.15, 0.2) is 17.6 Å². The first kappa shape index (κ1) is 16.4. The van der Waals surface area contributed by atoms with Gasteiger partial charge in [0.2, 0.25) is 6.79 Å². The summed E-state index contributed by atoms with van der Waals surface area (Å²) in [6.45, 7) is 1.79. The lowest BCUT2D eigenvalue weighted by molar-refractivity contribution is -0.150. The molecule has 128 valence electrons. The molecular weight excluding hydrogens is 310 g/mol. The van der Waals surface area contributed by atoms with Crippen LogP contribution in [0.3, 0.4) is 0 Å². The van der Waals surface area contributed by atoms with Crippen molar-refractivity contribution in [1.29, 1.82) is 0 Å². The molecule has 1 fully saturated rings. The zero-order chi connectivity index (χ0) is 16.9. The molecular formula is C18H21NO5. The third kappa shape index (κ3) is 4.07. The highest BCUT2D eigenvalue weighted by molar-refractivity contribution is 5.90. The Labute approximate surface area is 140 Å². The van der Waals surface area contributed by atoms with Crippen molar-refractivity contribution >= 4 is 18.0 Å². The lowest BCUT2D eigenvalue weighted by Crippen LogP contribution is -2.40. The minimum absolute atomic E-state index is 0.207. The van der Waals surface area contributed by atoms with E-state index in [9.17, 15) is 9.59 Å². The highest BCUT2D eigenvalue weighted by atomic mass is 16.7. The first-order valence-electron chi connectivity index (χ1n) is 8.20. The molecule has 1 heterocycles. The molecule has 6 heteroatoms. The van der Waals surface area contributed by atoms with E-state index >= 15 is 0 Å². The second-order valence-electron chi connectivity index (χ2n) is 6.02. The first-order valence-corrected chi connectivity index (χ1v) is 8.20. The molecule has 0 aromatic heterocycles. The maximum atomic E-state index is 12.0. The van der Waals surface area contributed by atoms with Gasteiger partial charge in [0.05, 0.1) is 0 Å². The topological polar surface area (TPSA) is 73.9 Å². The fourth-order valence-electron chi connectivity index (χ4n) is 2.84. The predicted molar refractivity (Wildman–Crippen MR) is 87.6 cm³/mol. The molecule has 24 heavy (non-hydrogen) atoms. The van der Waals surface area contributed by atoms with E-state index in [1.54, 1.807) is 25.1 Å². The van der Waals surface area contributed by atoms with Crippen LogP contribution in [0.4, 0.5) is 0 Å². The number of carbonyl (C=O) groups excluding carboxylic acids is 2. The molecule has 0 bridgehead atoms. The van der Waals surface area contributed by atoms with Gasteiger partial charge in [-0.3, -0.25) is 4.79 Å². The van der Waals surface area contributed by atoms with Crippen molar-refractivity contribution in [3.8, 4) is 11.5 Å². The van der Waals surface area contributed by atoms with E-state index in [4.69, 9.17) is 14.2 Å². The average molecular weight is 331 g/mol. The molecule has 1 aliphatic carbocycles. The Morgan fingerprint density at radius 1 is 1.25 bits per heavy atom. The van der Waals surface area contributed by atoms with E-state index in [-0.39, 0.29) is 18.7 Å². The molecule has 0 spiro atoms. The SMILES string of the molecule is C[C@H](OC(=O)/C=C/c1ccc2c(c1)OCO2)C(=O)NC1CCCC1. The van der Waals surface area contributed by atoms with Crippen LogP contribution in [0.15, 0.2) is 24.3 Å². The molecule has 1 saturated carbocycles. The molecule has 6 nitrogen and oxygen atoms in total. The van der Waals surface area contributed by atoms with Gasteiger partial charge in [0, 0.05) is 12.1 Å². The number of hydrogen-bond acceptors (Lipinski definition) is 5. The maximum absolute atomic E-state index is 12.0. The second kappa shape index (κ2) is 7.38. The molecule has 1 aliphatic heterocycles. The first-order chi connectivity index (χ1) is 11.6. The molecule has 1 atom stereocenters. The van der Waals surface area contributed by atoms with Crippen LogP contribution in [-0.2, 0) is 14.3 Å². The zero-order valence-corrected chi connectivity index (χ0v) is 13.6. The van der Waals surface area contributed by atoms with Gasteiger partial charge in [-0.1, -0.05) is 18.9 Å². The molecule has 3 rings (SSSR count). The summed E-state index contributed by atoms with van der Waals surface area (Å²) < 4.78 is 15.7. The third-order valence-electron chi connectivity index (χ3n) is 4.17. The number of carbonyl (C=O) groups is 2. The zero-order valence-electron chi connectivity index (χ0n) is 13.6. The Kier molecular flexibility index (Phi) is 5.03. The second-order valence-corrected chi connectivity index (χ2v) is 6.02. The Morgan fingerprint density at radius 3 is 2.79 bits per heavy atom. The van der Waals surface area contributed by atoms with Crippen molar-refractivity contribution in [2.75, 3.05) is 6.79 Å². The number of benzene rings is 1. The normalized spacial score (nSPS) is 17.9. The van der Waals surface area contributed by atoms with Crippen LogP contribution in [0.1, 0.15) is 38.2 Å². The standard InChI is InChI=1S/C18H21NO5/c1-12(18(21)19-14-4-2-3-5-14)24-17(20)9-7-13-6-8-15-16(10-13)23-11-22-15/h6-10,12,14H,2-5,11H2,1H3,(H,19,21)/b9-7+/t12-/m0/s1. The Hall–Kier alpha value is -2.50. The number of nitrogens with one attached hydrogen (secondary N) is 1. The van der Waals surface area contributed by atoms with Crippen molar-refractivity contribution in [2.45, 2.75) is 44.8 Å². The summed E-state index contributed by atoms with van der Waals surface area (Å²) in [6, 6.07) is 5.59. The molecule has 1 N–H and O–H groups in total. The summed E-state index contributed by atoms with van der Waals surface area (Å²) in [5.41, 5.74) is 0.791. The Morgan fingerprint density at radius 2 is 2.00 bits per heavy atom. The summed E-state index contributed by atoms with van der Waals surface area (Å²) in [5.74, 6) is 0.537. The number of fused-ring (bicyclic) bond motifs is 1. The number of hydrogen-bond donors (Lipinski definition) is 1. The molecule has 0 unspecified atom stereocenters. The monoisotopic (exact) mass is 331 g/mol. The van der Waals surface area contributed by atoms with Crippen LogP contribution >= 0.6 is 0 Å². The van der Waals surface area contributed by atoms with E-state index in [1.807, 2.05) is 6.07 Å². The minimum Gasteiger partial charge on any atom is -0.454 e. The van der Waals surface area contributed by atoms with Crippen LogP contribution in [0, 0.1) is 0 Å². The van der Waals surface area contributed by atoms with Gasteiger partial charge in [-0.25, -0.2) is 4.79 Å². The Bertz CT molecular complexity index is 649. The van der Waals surface area contributed by atoms with Gasteiger partial charge in [-0.2, -0.15) is 0 Å². The van der Waals surface area contributed by atoms with E-state index in [1.165, 1.54) is 6.08 Å². The summed E-state index contributed by atoms with van der Waals surface area (Å²) in [4.78, 5) is 23.9. The number of esters is 1. The number of amides is 1. The molecule has 1 aromatic rings. The molecule has 1 amide bonds. The highest BCUT2D eigenvalue weighted by Crippen LogP contribution is 2.32. The van der Waals surface area contributed by atoms with Crippen molar-refractivity contribution in [3.05, 3.63) is 29.8 Å². The average Bonchev–Trinajstić information content (AvgIpc) is 3.23. The lowest BCUT2D eigenvalue weighted by atomic mass is 10.2. The van der Waals surface area contributed by atoms with Gasteiger partial charge >= 0.3 is 5.97 Å². The van der Waals surface area contributed by atoms with Crippen molar-refractivity contribution < 1.29 is 23.8 Å². The van der Waals surface area contributed by atoms with E-state index in [0.717, 1.165) is 31.2 Å². The maximum Gasteiger partial charge on any atom is 0.331 e. The largest absolute Gasteiger partial charge is 0.454 e.